The lowest BCUT2D eigenvalue weighted by atomic mass is 9.94. The van der Waals surface area contributed by atoms with Gasteiger partial charge in [0.25, 0.3) is 0 Å². The largest absolute Gasteiger partial charge is 0.356 e. The molecule has 1 fully saturated rings. The molecule has 1 aromatic carbocycles. The molecular formula is C15H21N3. The average molecular weight is 243 g/mol. The highest BCUT2D eigenvalue weighted by Gasteiger charge is 2.32. The third-order valence-corrected chi connectivity index (χ3v) is 3.81. The number of hydrogen-bond donors (Lipinski definition) is 2. The highest BCUT2D eigenvalue weighted by molar-refractivity contribution is 5.80. The molecular weight excluding hydrogens is 222 g/mol. The molecule has 1 heterocycles. The molecule has 18 heavy (non-hydrogen) atoms. The Hall–Kier alpha value is -1.51. The van der Waals surface area contributed by atoms with E-state index in [4.69, 9.17) is 0 Å². The van der Waals surface area contributed by atoms with E-state index in [1.807, 2.05) is 0 Å². The molecule has 0 bridgehead atoms. The lowest BCUT2D eigenvalue weighted by Crippen LogP contribution is -2.42. The van der Waals surface area contributed by atoms with Crippen molar-refractivity contribution in [2.45, 2.75) is 25.2 Å². The van der Waals surface area contributed by atoms with Crippen molar-refractivity contribution in [3.05, 3.63) is 35.9 Å². The van der Waals surface area contributed by atoms with Gasteiger partial charge in [0.05, 0.1) is 0 Å². The van der Waals surface area contributed by atoms with Gasteiger partial charge in [-0.25, -0.2) is 0 Å². The molecule has 1 aromatic rings. The zero-order valence-electron chi connectivity index (χ0n) is 10.7. The Balaban J connectivity index is 1.62. The number of nitrogens with zero attached hydrogens (tertiary/aromatic N) is 1. The number of nitrogens with one attached hydrogen (secondary N) is 2. The molecule has 0 radical (unpaired) electrons. The number of guanidine groups is 1. The van der Waals surface area contributed by atoms with Gasteiger partial charge < -0.3 is 10.6 Å². The maximum Gasteiger partial charge on any atom is 0.191 e. The lowest BCUT2D eigenvalue weighted by Gasteiger charge is -2.21. The third-order valence-electron chi connectivity index (χ3n) is 3.81. The first kappa shape index (κ1) is 11.6. The highest BCUT2D eigenvalue weighted by Crippen LogP contribution is 2.42. The summed E-state index contributed by atoms with van der Waals surface area (Å²) in [6, 6.07) is 10.9. The monoisotopic (exact) mass is 243 g/mol. The van der Waals surface area contributed by atoms with Crippen molar-refractivity contribution < 1.29 is 0 Å². The molecule has 2 aliphatic rings. The fourth-order valence-corrected chi connectivity index (χ4v) is 2.61. The quantitative estimate of drug-likeness (QED) is 0.850. The van der Waals surface area contributed by atoms with Crippen molar-refractivity contribution in [1.29, 1.82) is 0 Å². The minimum Gasteiger partial charge on any atom is -0.356 e. The van der Waals surface area contributed by atoms with Gasteiger partial charge in [0, 0.05) is 25.6 Å². The summed E-state index contributed by atoms with van der Waals surface area (Å²) in [6.45, 7) is 3.00. The van der Waals surface area contributed by atoms with E-state index in [0.29, 0.717) is 5.92 Å². The van der Waals surface area contributed by atoms with Crippen LogP contribution in [-0.4, -0.2) is 25.6 Å². The number of aliphatic imine (C=N–C) groups is 1. The van der Waals surface area contributed by atoms with Gasteiger partial charge in [-0.1, -0.05) is 30.3 Å². The van der Waals surface area contributed by atoms with Gasteiger partial charge >= 0.3 is 0 Å². The van der Waals surface area contributed by atoms with E-state index in [9.17, 15) is 0 Å². The summed E-state index contributed by atoms with van der Waals surface area (Å²) >= 11 is 0. The SMILES string of the molecule is c1ccc(C(CNC2=NCCCN2)C2CC2)cc1. The first-order valence-corrected chi connectivity index (χ1v) is 7.00. The second kappa shape index (κ2) is 5.42. The van der Waals surface area contributed by atoms with E-state index in [-0.39, 0.29) is 0 Å². The van der Waals surface area contributed by atoms with E-state index in [0.717, 1.165) is 37.9 Å². The molecule has 2 N–H and O–H groups in total. The van der Waals surface area contributed by atoms with Crippen molar-refractivity contribution in [2.75, 3.05) is 19.6 Å². The number of hydrogen-bond acceptors (Lipinski definition) is 3. The summed E-state index contributed by atoms with van der Waals surface area (Å²) < 4.78 is 0. The molecule has 96 valence electrons. The van der Waals surface area contributed by atoms with Crippen LogP contribution in [0.15, 0.2) is 35.3 Å². The van der Waals surface area contributed by atoms with Crippen LogP contribution in [0.3, 0.4) is 0 Å². The normalized spacial score (nSPS) is 20.8. The fourth-order valence-electron chi connectivity index (χ4n) is 2.61. The molecule has 1 atom stereocenters. The summed E-state index contributed by atoms with van der Waals surface area (Å²) in [4.78, 5) is 4.47. The molecule has 1 aliphatic carbocycles. The molecule has 3 rings (SSSR count). The van der Waals surface area contributed by atoms with E-state index in [2.05, 4.69) is 46.0 Å². The van der Waals surface area contributed by atoms with Crippen LogP contribution < -0.4 is 10.6 Å². The Morgan fingerprint density at radius 1 is 1.28 bits per heavy atom. The van der Waals surface area contributed by atoms with E-state index in [1.54, 1.807) is 0 Å². The lowest BCUT2D eigenvalue weighted by molar-refractivity contribution is 0.576. The van der Waals surface area contributed by atoms with Gasteiger partial charge in [0.15, 0.2) is 5.96 Å². The third kappa shape index (κ3) is 2.84. The van der Waals surface area contributed by atoms with Crippen LogP contribution in [0.2, 0.25) is 0 Å². The van der Waals surface area contributed by atoms with Gasteiger partial charge in [-0.3, -0.25) is 4.99 Å². The molecule has 0 amide bonds. The highest BCUT2D eigenvalue weighted by atomic mass is 15.2. The summed E-state index contributed by atoms with van der Waals surface area (Å²) in [6.07, 6.45) is 3.90. The first-order chi connectivity index (χ1) is 8.93. The first-order valence-electron chi connectivity index (χ1n) is 7.00. The van der Waals surface area contributed by atoms with Gasteiger partial charge in [0.1, 0.15) is 0 Å². The predicted octanol–water partition coefficient (Wildman–Crippen LogP) is 2.12. The number of benzene rings is 1. The Labute approximate surface area is 109 Å². The standard InChI is InChI=1S/C15H21N3/c1-2-5-12(6-3-1)14(13-7-8-13)11-18-15-16-9-4-10-17-15/h1-3,5-6,13-14H,4,7-11H2,(H2,16,17,18). The molecule has 0 saturated heterocycles. The van der Waals surface area contributed by atoms with Crippen LogP contribution in [0.5, 0.6) is 0 Å². The minimum atomic E-state index is 0.637. The van der Waals surface area contributed by atoms with E-state index < -0.39 is 0 Å². The predicted molar refractivity (Wildman–Crippen MR) is 74.8 cm³/mol. The van der Waals surface area contributed by atoms with E-state index >= 15 is 0 Å². The van der Waals surface area contributed by atoms with E-state index in [1.165, 1.54) is 18.4 Å². The van der Waals surface area contributed by atoms with Crippen LogP contribution in [-0.2, 0) is 0 Å². The topological polar surface area (TPSA) is 36.4 Å². The summed E-state index contributed by atoms with van der Waals surface area (Å²) in [7, 11) is 0. The summed E-state index contributed by atoms with van der Waals surface area (Å²) in [5, 5.41) is 6.80. The van der Waals surface area contributed by atoms with Crippen LogP contribution in [0.1, 0.15) is 30.7 Å². The zero-order valence-corrected chi connectivity index (χ0v) is 10.7. The van der Waals surface area contributed by atoms with Crippen LogP contribution in [0.25, 0.3) is 0 Å². The van der Waals surface area contributed by atoms with Gasteiger partial charge in [0.2, 0.25) is 0 Å². The van der Waals surface area contributed by atoms with Crippen LogP contribution in [0, 0.1) is 5.92 Å². The van der Waals surface area contributed by atoms with Gasteiger partial charge in [-0.15, -0.1) is 0 Å². The Morgan fingerprint density at radius 2 is 2.11 bits per heavy atom. The fraction of sp³-hybridized carbons (Fsp3) is 0.533. The molecule has 0 aromatic heterocycles. The molecule has 1 aliphatic heterocycles. The number of rotatable bonds is 4. The Bertz CT molecular complexity index is 409. The average Bonchev–Trinajstić information content (AvgIpc) is 3.26. The Kier molecular flexibility index (Phi) is 3.49. The Morgan fingerprint density at radius 3 is 2.78 bits per heavy atom. The zero-order chi connectivity index (χ0) is 12.2. The van der Waals surface area contributed by atoms with Gasteiger partial charge in [-0.2, -0.15) is 0 Å². The van der Waals surface area contributed by atoms with Crippen LogP contribution >= 0.6 is 0 Å². The van der Waals surface area contributed by atoms with Crippen molar-refractivity contribution >= 4 is 5.96 Å². The van der Waals surface area contributed by atoms with Crippen molar-refractivity contribution in [3.8, 4) is 0 Å². The van der Waals surface area contributed by atoms with Gasteiger partial charge in [-0.05, 0) is 30.7 Å². The van der Waals surface area contributed by atoms with Crippen molar-refractivity contribution in [3.63, 3.8) is 0 Å². The molecule has 1 unspecified atom stereocenters. The maximum atomic E-state index is 4.47. The maximum absolute atomic E-state index is 4.47. The molecule has 0 spiro atoms. The van der Waals surface area contributed by atoms with Crippen molar-refractivity contribution in [1.82, 2.24) is 10.6 Å². The van der Waals surface area contributed by atoms with Crippen LogP contribution in [0.4, 0.5) is 0 Å². The minimum absolute atomic E-state index is 0.637. The second-order valence-corrected chi connectivity index (χ2v) is 5.25. The molecule has 3 heteroatoms. The second-order valence-electron chi connectivity index (χ2n) is 5.25. The summed E-state index contributed by atoms with van der Waals surface area (Å²) in [5.41, 5.74) is 1.46. The van der Waals surface area contributed by atoms with Crippen molar-refractivity contribution in [2.24, 2.45) is 10.9 Å². The molecule has 1 saturated carbocycles. The summed E-state index contributed by atoms with van der Waals surface area (Å²) in [5.74, 6) is 2.49. The smallest absolute Gasteiger partial charge is 0.191 e. The molecule has 3 nitrogen and oxygen atoms in total.